The van der Waals surface area contributed by atoms with Gasteiger partial charge in [-0.1, -0.05) is 6.07 Å². The third kappa shape index (κ3) is 1.96. The summed E-state index contributed by atoms with van der Waals surface area (Å²) >= 11 is 0. The van der Waals surface area contributed by atoms with Crippen LogP contribution in [0.3, 0.4) is 0 Å². The molecule has 1 N–H and O–H groups in total. The topological polar surface area (TPSA) is 46.5 Å². The van der Waals surface area contributed by atoms with E-state index in [9.17, 15) is 9.90 Å². The zero-order valence-corrected chi connectivity index (χ0v) is 8.69. The molecule has 80 valence electrons. The van der Waals surface area contributed by atoms with Crippen LogP contribution in [0.4, 0.5) is 0 Å². The van der Waals surface area contributed by atoms with E-state index in [1.807, 2.05) is 6.07 Å². The van der Waals surface area contributed by atoms with Crippen molar-refractivity contribution in [3.8, 4) is 5.75 Å². The van der Waals surface area contributed by atoms with Crippen molar-refractivity contribution in [2.45, 2.75) is 25.2 Å². The third-order valence-electron chi connectivity index (χ3n) is 2.97. The van der Waals surface area contributed by atoms with Crippen molar-refractivity contribution in [3.63, 3.8) is 0 Å². The van der Waals surface area contributed by atoms with Gasteiger partial charge in [0, 0.05) is 0 Å². The van der Waals surface area contributed by atoms with Crippen LogP contribution < -0.4 is 0 Å². The van der Waals surface area contributed by atoms with Crippen LogP contribution in [0.1, 0.15) is 29.9 Å². The number of benzene rings is 1. The molecule has 15 heavy (non-hydrogen) atoms. The zero-order chi connectivity index (χ0) is 10.8. The van der Waals surface area contributed by atoms with Crippen LogP contribution in [0.5, 0.6) is 5.75 Å². The Labute approximate surface area is 88.7 Å². The van der Waals surface area contributed by atoms with Gasteiger partial charge in [0.2, 0.25) is 0 Å². The van der Waals surface area contributed by atoms with Crippen LogP contribution in [0, 0.1) is 0 Å². The number of carbonyl (C=O) groups is 1. The Kier molecular flexibility index (Phi) is 2.62. The van der Waals surface area contributed by atoms with Gasteiger partial charge in [0.25, 0.3) is 0 Å². The second-order valence-corrected chi connectivity index (χ2v) is 3.90. The summed E-state index contributed by atoms with van der Waals surface area (Å²) in [6, 6.07) is 5.39. The van der Waals surface area contributed by atoms with E-state index in [4.69, 9.17) is 0 Å². The first-order valence-electron chi connectivity index (χ1n) is 5.09. The van der Waals surface area contributed by atoms with E-state index in [1.54, 1.807) is 12.1 Å². The average Bonchev–Trinajstić information content (AvgIpc) is 2.61. The average molecular weight is 206 g/mol. The molecule has 0 heterocycles. The van der Waals surface area contributed by atoms with Gasteiger partial charge in [0.15, 0.2) is 0 Å². The molecule has 0 amide bonds. The summed E-state index contributed by atoms with van der Waals surface area (Å²) < 4.78 is 4.66. The molecule has 0 radical (unpaired) electrons. The number of rotatable bonds is 2. The van der Waals surface area contributed by atoms with Gasteiger partial charge in [0.05, 0.1) is 13.5 Å². The second kappa shape index (κ2) is 3.93. The van der Waals surface area contributed by atoms with Gasteiger partial charge in [-0.05, 0) is 42.0 Å². The Hall–Kier alpha value is -1.51. The fraction of sp³-hybridized carbons (Fsp3) is 0.417. The monoisotopic (exact) mass is 206 g/mol. The molecular formula is C12H14O3. The van der Waals surface area contributed by atoms with Crippen LogP contribution in [0.2, 0.25) is 0 Å². The summed E-state index contributed by atoms with van der Waals surface area (Å²) in [5.74, 6) is 0.293. The molecule has 0 saturated carbocycles. The highest BCUT2D eigenvalue weighted by Crippen LogP contribution is 2.37. The molecule has 0 fully saturated rings. The molecule has 0 saturated heterocycles. The van der Waals surface area contributed by atoms with E-state index in [-0.39, 0.29) is 17.6 Å². The Morgan fingerprint density at radius 3 is 3.13 bits per heavy atom. The summed E-state index contributed by atoms with van der Waals surface area (Å²) in [5.41, 5.74) is 2.34. The number of phenolic OH excluding ortho intramolecular Hbond substituents is 1. The van der Waals surface area contributed by atoms with E-state index < -0.39 is 0 Å². The maximum Gasteiger partial charge on any atom is 0.306 e. The molecular weight excluding hydrogens is 192 g/mol. The molecule has 2 rings (SSSR count). The highest BCUT2D eigenvalue weighted by molar-refractivity contribution is 5.70. The van der Waals surface area contributed by atoms with Gasteiger partial charge in [-0.25, -0.2) is 0 Å². The first-order chi connectivity index (χ1) is 7.20. The predicted molar refractivity (Wildman–Crippen MR) is 55.8 cm³/mol. The Bertz CT molecular complexity index is 384. The fourth-order valence-electron chi connectivity index (χ4n) is 2.17. The highest BCUT2D eigenvalue weighted by Gasteiger charge is 2.25. The van der Waals surface area contributed by atoms with Crippen LogP contribution in [0.25, 0.3) is 0 Å². The maximum atomic E-state index is 11.2. The minimum absolute atomic E-state index is 0.184. The van der Waals surface area contributed by atoms with Crippen molar-refractivity contribution in [3.05, 3.63) is 29.3 Å². The van der Waals surface area contributed by atoms with Crippen molar-refractivity contribution < 1.29 is 14.6 Å². The van der Waals surface area contributed by atoms with Crippen LogP contribution >= 0.6 is 0 Å². The lowest BCUT2D eigenvalue weighted by Crippen LogP contribution is -2.06. The number of carbonyl (C=O) groups excluding carboxylic acids is 1. The summed E-state index contributed by atoms with van der Waals surface area (Å²) in [7, 11) is 1.40. The minimum Gasteiger partial charge on any atom is -0.508 e. The van der Waals surface area contributed by atoms with Crippen molar-refractivity contribution in [2.24, 2.45) is 0 Å². The fourth-order valence-corrected chi connectivity index (χ4v) is 2.17. The predicted octanol–water partition coefficient (Wildman–Crippen LogP) is 1.99. The molecule has 1 aliphatic rings. The number of aryl methyl sites for hydroxylation is 1. The molecule has 0 aromatic heterocycles. The van der Waals surface area contributed by atoms with Crippen molar-refractivity contribution >= 4 is 5.97 Å². The van der Waals surface area contributed by atoms with Gasteiger partial charge in [-0.15, -0.1) is 0 Å². The van der Waals surface area contributed by atoms with Crippen LogP contribution in [-0.4, -0.2) is 18.2 Å². The second-order valence-electron chi connectivity index (χ2n) is 3.90. The lowest BCUT2D eigenvalue weighted by molar-refractivity contribution is -0.141. The molecule has 3 nitrogen and oxygen atoms in total. The van der Waals surface area contributed by atoms with E-state index in [1.165, 1.54) is 12.7 Å². The molecule has 0 bridgehead atoms. The first kappa shape index (κ1) is 10.0. The van der Waals surface area contributed by atoms with Crippen molar-refractivity contribution in [2.75, 3.05) is 7.11 Å². The summed E-state index contributed by atoms with van der Waals surface area (Å²) in [5, 5.41) is 9.39. The molecule has 0 aliphatic heterocycles. The number of hydrogen-bond donors (Lipinski definition) is 1. The maximum absolute atomic E-state index is 11.2. The van der Waals surface area contributed by atoms with Gasteiger partial charge >= 0.3 is 5.97 Å². The molecule has 0 spiro atoms. The summed E-state index contributed by atoms with van der Waals surface area (Å²) in [4.78, 5) is 11.2. The lowest BCUT2D eigenvalue weighted by Gasteiger charge is -2.09. The van der Waals surface area contributed by atoms with Gasteiger partial charge < -0.3 is 9.84 Å². The molecule has 3 heteroatoms. The van der Waals surface area contributed by atoms with E-state index in [2.05, 4.69) is 4.74 Å². The van der Waals surface area contributed by atoms with E-state index >= 15 is 0 Å². The highest BCUT2D eigenvalue weighted by atomic mass is 16.5. The number of esters is 1. The Morgan fingerprint density at radius 1 is 1.60 bits per heavy atom. The Morgan fingerprint density at radius 2 is 2.40 bits per heavy atom. The van der Waals surface area contributed by atoms with Crippen LogP contribution in [0.15, 0.2) is 18.2 Å². The number of hydrogen-bond acceptors (Lipinski definition) is 3. The standard InChI is InChI=1S/C12H14O3/c1-15-12(14)6-9-3-2-8-4-5-10(13)7-11(8)9/h4-5,7,9,13H,2-3,6H2,1H3/t9-/m0/s1. The minimum atomic E-state index is -0.184. The molecule has 0 unspecified atom stereocenters. The van der Waals surface area contributed by atoms with Crippen molar-refractivity contribution in [1.29, 1.82) is 0 Å². The first-order valence-corrected chi connectivity index (χ1v) is 5.09. The quantitative estimate of drug-likeness (QED) is 0.753. The number of aromatic hydroxyl groups is 1. The van der Waals surface area contributed by atoms with Gasteiger partial charge in [-0.3, -0.25) is 4.79 Å². The molecule has 1 atom stereocenters. The Balaban J connectivity index is 2.20. The molecule has 1 aliphatic carbocycles. The number of fused-ring (bicyclic) bond motifs is 1. The van der Waals surface area contributed by atoms with E-state index in [0.717, 1.165) is 18.4 Å². The number of phenols is 1. The number of ether oxygens (including phenoxy) is 1. The smallest absolute Gasteiger partial charge is 0.306 e. The summed E-state index contributed by atoms with van der Waals surface area (Å²) in [6.45, 7) is 0. The largest absolute Gasteiger partial charge is 0.508 e. The van der Waals surface area contributed by atoms with Crippen molar-refractivity contribution in [1.82, 2.24) is 0 Å². The zero-order valence-electron chi connectivity index (χ0n) is 8.69. The number of methoxy groups -OCH3 is 1. The molecule has 1 aromatic rings. The summed E-state index contributed by atoms with van der Waals surface area (Å²) in [6.07, 6.45) is 2.36. The van der Waals surface area contributed by atoms with Gasteiger partial charge in [-0.2, -0.15) is 0 Å². The van der Waals surface area contributed by atoms with E-state index in [0.29, 0.717) is 6.42 Å². The normalized spacial score (nSPS) is 18.6. The third-order valence-corrected chi connectivity index (χ3v) is 2.97. The molecule has 1 aromatic carbocycles. The SMILES string of the molecule is COC(=O)C[C@@H]1CCc2ccc(O)cc21. The lowest BCUT2D eigenvalue weighted by atomic mass is 9.98. The van der Waals surface area contributed by atoms with Gasteiger partial charge in [0.1, 0.15) is 5.75 Å². The van der Waals surface area contributed by atoms with Crippen LogP contribution in [-0.2, 0) is 16.0 Å².